The monoisotopic (exact) mass is 329 g/mol. The van der Waals surface area contributed by atoms with Gasteiger partial charge in [0.2, 0.25) is 0 Å². The van der Waals surface area contributed by atoms with E-state index < -0.39 is 6.61 Å². The van der Waals surface area contributed by atoms with Crippen molar-refractivity contribution in [3.8, 4) is 5.75 Å². The van der Waals surface area contributed by atoms with Gasteiger partial charge in [-0.1, -0.05) is 12.1 Å². The fourth-order valence-corrected chi connectivity index (χ4v) is 2.83. The molecule has 0 aromatic heterocycles. The molecule has 5 nitrogen and oxygen atoms in total. The lowest BCUT2D eigenvalue weighted by Crippen LogP contribution is -2.39. The van der Waals surface area contributed by atoms with Crippen LogP contribution in [0.2, 0.25) is 0 Å². The Balaban J connectivity index is 1.51. The molecule has 2 saturated heterocycles. The van der Waals surface area contributed by atoms with Crippen molar-refractivity contribution in [1.29, 1.82) is 0 Å². The fraction of sp³-hybridized carbons (Fsp3) is 0.625. The third-order valence-electron chi connectivity index (χ3n) is 4.00. The fourth-order valence-electron chi connectivity index (χ4n) is 2.83. The smallest absolute Gasteiger partial charge is 0.387 e. The van der Waals surface area contributed by atoms with Crippen molar-refractivity contribution in [2.45, 2.75) is 25.4 Å². The lowest BCUT2D eigenvalue weighted by atomic mass is 10.1. The van der Waals surface area contributed by atoms with E-state index in [4.69, 9.17) is 14.2 Å². The molecular weight excluding hydrogens is 308 g/mol. The van der Waals surface area contributed by atoms with Gasteiger partial charge in [-0.3, -0.25) is 4.90 Å². The highest BCUT2D eigenvalue weighted by atomic mass is 19.3. The number of alkyl halides is 2. The number of hydrogen-bond acceptors (Lipinski definition) is 5. The van der Waals surface area contributed by atoms with E-state index in [-0.39, 0.29) is 18.1 Å². The average Bonchev–Trinajstić information content (AvgIpc) is 3.07. The minimum absolute atomic E-state index is 0.0604. The van der Waals surface area contributed by atoms with Crippen molar-refractivity contribution in [2.24, 2.45) is 0 Å². The van der Waals surface area contributed by atoms with E-state index in [1.54, 1.807) is 24.3 Å². The highest BCUT2D eigenvalue weighted by Gasteiger charge is 2.24. The van der Waals surface area contributed by atoms with Gasteiger partial charge in [0.25, 0.3) is 0 Å². The summed E-state index contributed by atoms with van der Waals surface area (Å²) < 4.78 is 45.4. The normalized spacial score (nSPS) is 23.5. The summed E-state index contributed by atoms with van der Waals surface area (Å²) in [5.74, 6) is 0.159. The summed E-state index contributed by atoms with van der Waals surface area (Å²) >= 11 is 0. The minimum atomic E-state index is -2.80. The van der Waals surface area contributed by atoms with Gasteiger partial charge in [-0.2, -0.15) is 8.78 Å². The maximum Gasteiger partial charge on any atom is 0.387 e. The third-order valence-corrected chi connectivity index (χ3v) is 4.00. The molecule has 3 rings (SSSR count). The molecule has 1 atom stereocenters. The summed E-state index contributed by atoms with van der Waals surface area (Å²) in [5.41, 5.74) is 0.963. The molecule has 1 aromatic carbocycles. The van der Waals surface area contributed by atoms with Crippen LogP contribution < -0.4 is 4.74 Å². The van der Waals surface area contributed by atoms with Crippen molar-refractivity contribution in [1.82, 2.24) is 4.90 Å². The highest BCUT2D eigenvalue weighted by molar-refractivity contribution is 5.29. The maximum absolute atomic E-state index is 12.2. The summed E-state index contributed by atoms with van der Waals surface area (Å²) in [5, 5.41) is 0. The highest BCUT2D eigenvalue weighted by Crippen LogP contribution is 2.25. The molecule has 2 fully saturated rings. The van der Waals surface area contributed by atoms with E-state index >= 15 is 0 Å². The molecule has 0 N–H and O–H groups in total. The van der Waals surface area contributed by atoms with Gasteiger partial charge in [-0.15, -0.1) is 0 Å². The van der Waals surface area contributed by atoms with Crippen LogP contribution in [0, 0.1) is 0 Å². The Kier molecular flexibility index (Phi) is 5.77. The molecule has 0 aliphatic carbocycles. The van der Waals surface area contributed by atoms with E-state index in [1.807, 2.05) is 0 Å². The number of morpholine rings is 1. The third kappa shape index (κ3) is 4.84. The number of halogens is 2. The Hall–Kier alpha value is -1.28. The Morgan fingerprint density at radius 3 is 2.52 bits per heavy atom. The zero-order valence-electron chi connectivity index (χ0n) is 12.8. The standard InChI is InChI=1S/C16H21F2NO4/c17-16(18)23-13-3-1-12(2-4-13)14-11-19(7-8-20-14)6-5-15-21-9-10-22-15/h1-4,14-16H,5-11H2/t14-/m1/s1. The quantitative estimate of drug-likeness (QED) is 0.802. The first-order valence-corrected chi connectivity index (χ1v) is 7.82. The van der Waals surface area contributed by atoms with E-state index in [0.717, 1.165) is 31.6 Å². The summed E-state index contributed by atoms with van der Waals surface area (Å²) in [6.07, 6.45) is 0.685. The summed E-state index contributed by atoms with van der Waals surface area (Å²) in [7, 11) is 0. The predicted molar refractivity (Wildman–Crippen MR) is 78.5 cm³/mol. The van der Waals surface area contributed by atoms with Crippen LogP contribution in [-0.2, 0) is 14.2 Å². The molecule has 128 valence electrons. The van der Waals surface area contributed by atoms with E-state index in [2.05, 4.69) is 9.64 Å². The molecular formula is C16H21F2NO4. The zero-order valence-corrected chi connectivity index (χ0v) is 12.8. The molecule has 0 spiro atoms. The van der Waals surface area contributed by atoms with Crippen molar-refractivity contribution >= 4 is 0 Å². The predicted octanol–water partition coefficient (Wildman–Crippen LogP) is 2.42. The van der Waals surface area contributed by atoms with Gasteiger partial charge < -0.3 is 18.9 Å². The summed E-state index contributed by atoms with van der Waals surface area (Å²) in [4.78, 5) is 2.31. The van der Waals surface area contributed by atoms with E-state index in [0.29, 0.717) is 19.8 Å². The van der Waals surface area contributed by atoms with Crippen molar-refractivity contribution in [3.05, 3.63) is 29.8 Å². The first kappa shape index (κ1) is 16.6. The number of ether oxygens (including phenoxy) is 4. The molecule has 23 heavy (non-hydrogen) atoms. The Morgan fingerprint density at radius 2 is 1.83 bits per heavy atom. The van der Waals surface area contributed by atoms with Crippen LogP contribution in [-0.4, -0.2) is 57.3 Å². The van der Waals surface area contributed by atoms with E-state index in [1.165, 1.54) is 0 Å². The number of hydrogen-bond donors (Lipinski definition) is 0. The van der Waals surface area contributed by atoms with Crippen molar-refractivity contribution in [3.63, 3.8) is 0 Å². The van der Waals surface area contributed by atoms with Gasteiger partial charge in [-0.05, 0) is 17.7 Å². The van der Waals surface area contributed by atoms with Crippen LogP contribution in [0.4, 0.5) is 8.78 Å². The number of benzene rings is 1. The zero-order chi connectivity index (χ0) is 16.1. The van der Waals surface area contributed by atoms with Gasteiger partial charge in [0, 0.05) is 26.1 Å². The van der Waals surface area contributed by atoms with Gasteiger partial charge in [0.15, 0.2) is 6.29 Å². The topological polar surface area (TPSA) is 40.2 Å². The van der Waals surface area contributed by atoms with Crippen molar-refractivity contribution < 1.29 is 27.7 Å². The molecule has 0 saturated carbocycles. The van der Waals surface area contributed by atoms with E-state index in [9.17, 15) is 8.78 Å². The summed E-state index contributed by atoms with van der Waals surface area (Å²) in [6, 6.07) is 6.64. The molecule has 1 aromatic rings. The SMILES string of the molecule is FC(F)Oc1ccc([C@H]2CN(CCC3OCCO3)CCO2)cc1. The largest absolute Gasteiger partial charge is 0.435 e. The average molecular weight is 329 g/mol. The molecule has 7 heteroatoms. The number of nitrogens with zero attached hydrogens (tertiary/aromatic N) is 1. The lowest BCUT2D eigenvalue weighted by Gasteiger charge is -2.33. The maximum atomic E-state index is 12.2. The molecule has 0 unspecified atom stereocenters. The van der Waals surface area contributed by atoms with Crippen LogP contribution in [0.3, 0.4) is 0 Å². The van der Waals surface area contributed by atoms with Crippen LogP contribution in [0.15, 0.2) is 24.3 Å². The first-order valence-electron chi connectivity index (χ1n) is 7.82. The summed E-state index contributed by atoms with van der Waals surface area (Å²) in [6.45, 7) is 1.70. The second-order valence-electron chi connectivity index (χ2n) is 5.57. The van der Waals surface area contributed by atoms with Gasteiger partial charge in [0.1, 0.15) is 5.75 Å². The number of rotatable bonds is 6. The molecule has 0 radical (unpaired) electrons. The van der Waals surface area contributed by atoms with Gasteiger partial charge in [-0.25, -0.2) is 0 Å². The van der Waals surface area contributed by atoms with Crippen LogP contribution in [0.25, 0.3) is 0 Å². The second kappa shape index (κ2) is 8.01. The first-order chi connectivity index (χ1) is 11.2. The Bertz CT molecular complexity index is 479. The molecule has 2 heterocycles. The second-order valence-corrected chi connectivity index (χ2v) is 5.57. The minimum Gasteiger partial charge on any atom is -0.435 e. The molecule has 0 amide bonds. The van der Waals surface area contributed by atoms with Crippen LogP contribution in [0.1, 0.15) is 18.1 Å². The molecule has 2 aliphatic rings. The van der Waals surface area contributed by atoms with Crippen LogP contribution in [0.5, 0.6) is 5.75 Å². The van der Waals surface area contributed by atoms with Crippen molar-refractivity contribution in [2.75, 3.05) is 39.5 Å². The Labute approximate surface area is 134 Å². The van der Waals surface area contributed by atoms with Crippen LogP contribution >= 0.6 is 0 Å². The van der Waals surface area contributed by atoms with Gasteiger partial charge >= 0.3 is 6.61 Å². The molecule has 0 bridgehead atoms. The van der Waals surface area contributed by atoms with Gasteiger partial charge in [0.05, 0.1) is 25.9 Å². The lowest BCUT2D eigenvalue weighted by molar-refractivity contribution is -0.0674. The molecule has 2 aliphatic heterocycles. The Morgan fingerprint density at radius 1 is 1.09 bits per heavy atom.